The van der Waals surface area contributed by atoms with Gasteiger partial charge in [0.15, 0.2) is 5.82 Å². The Hall–Kier alpha value is -2.42. The number of nitrogens with zero attached hydrogens (tertiary/aromatic N) is 4. The minimum absolute atomic E-state index is 0.00319. The number of alkyl halides is 3. The number of halogens is 3. The molecule has 2 aromatic rings. The Bertz CT molecular complexity index is 644. The van der Waals surface area contributed by atoms with Crippen LogP contribution in [0.1, 0.15) is 5.56 Å². The average molecular weight is 326 g/mol. The van der Waals surface area contributed by atoms with Crippen molar-refractivity contribution in [2.45, 2.75) is 6.18 Å². The molecule has 0 aliphatic heterocycles. The van der Waals surface area contributed by atoms with Gasteiger partial charge < -0.3 is 15.5 Å². The van der Waals surface area contributed by atoms with E-state index in [0.717, 1.165) is 12.6 Å². The lowest BCUT2D eigenvalue weighted by Crippen LogP contribution is -2.21. The molecule has 6 nitrogen and oxygen atoms in total. The Labute approximate surface area is 131 Å². The summed E-state index contributed by atoms with van der Waals surface area (Å²) in [6, 6.07) is 5.14. The third kappa shape index (κ3) is 5.06. The molecule has 0 atom stereocenters. The molecule has 0 saturated carbocycles. The molecular weight excluding hydrogens is 309 g/mol. The number of aromatic nitrogens is 3. The van der Waals surface area contributed by atoms with Crippen LogP contribution < -0.4 is 10.6 Å². The third-order valence-electron chi connectivity index (χ3n) is 2.90. The van der Waals surface area contributed by atoms with Crippen LogP contribution in [-0.2, 0) is 6.18 Å². The summed E-state index contributed by atoms with van der Waals surface area (Å²) in [5.74, 6) is 0.436. The van der Waals surface area contributed by atoms with Crippen LogP contribution in [0.2, 0.25) is 0 Å². The lowest BCUT2D eigenvalue weighted by molar-refractivity contribution is -0.136. The number of hydrogen-bond acceptors (Lipinski definition) is 6. The minimum Gasteiger partial charge on any atom is -0.367 e. The standard InChI is InChI=1S/C14H17F3N6/c1-23(2)8-7-18-12-9-19-22-13(21-12)20-11-6-4-3-5-10(11)14(15,16)17/h3-6,9H,7-8H2,1-2H3,(H2,18,20,21,22). The molecule has 1 heterocycles. The molecule has 1 aromatic carbocycles. The fourth-order valence-corrected chi connectivity index (χ4v) is 1.81. The molecule has 0 aliphatic carbocycles. The van der Waals surface area contributed by atoms with Crippen LogP contribution in [0.3, 0.4) is 0 Å². The third-order valence-corrected chi connectivity index (χ3v) is 2.90. The van der Waals surface area contributed by atoms with Gasteiger partial charge in [-0.1, -0.05) is 12.1 Å². The first-order chi connectivity index (χ1) is 10.9. The molecule has 2 N–H and O–H groups in total. The summed E-state index contributed by atoms with van der Waals surface area (Å²) in [6.07, 6.45) is -3.05. The average Bonchev–Trinajstić information content (AvgIpc) is 2.47. The first kappa shape index (κ1) is 16.9. The van der Waals surface area contributed by atoms with Crippen molar-refractivity contribution in [3.63, 3.8) is 0 Å². The molecule has 0 unspecified atom stereocenters. The fourth-order valence-electron chi connectivity index (χ4n) is 1.81. The van der Waals surface area contributed by atoms with Crippen molar-refractivity contribution < 1.29 is 13.2 Å². The van der Waals surface area contributed by atoms with Crippen LogP contribution in [0.15, 0.2) is 30.5 Å². The molecule has 1 aromatic heterocycles. The Balaban J connectivity index is 2.12. The van der Waals surface area contributed by atoms with Crippen molar-refractivity contribution >= 4 is 17.5 Å². The van der Waals surface area contributed by atoms with Gasteiger partial charge in [0.1, 0.15) is 0 Å². The highest BCUT2D eigenvalue weighted by molar-refractivity contribution is 5.59. The van der Waals surface area contributed by atoms with Crippen LogP contribution in [-0.4, -0.2) is 47.3 Å². The molecule has 0 fully saturated rings. The summed E-state index contributed by atoms with van der Waals surface area (Å²) in [4.78, 5) is 6.09. The zero-order valence-corrected chi connectivity index (χ0v) is 12.7. The molecule has 0 amide bonds. The van der Waals surface area contributed by atoms with Crippen LogP contribution in [0, 0.1) is 0 Å². The van der Waals surface area contributed by atoms with Gasteiger partial charge in [-0.15, -0.1) is 5.10 Å². The van der Waals surface area contributed by atoms with E-state index in [9.17, 15) is 13.2 Å². The number of hydrogen-bond donors (Lipinski definition) is 2. The van der Waals surface area contributed by atoms with Gasteiger partial charge in [0.05, 0.1) is 17.4 Å². The molecule has 0 aliphatic rings. The topological polar surface area (TPSA) is 66.0 Å². The summed E-state index contributed by atoms with van der Waals surface area (Å²) in [6.45, 7) is 1.41. The first-order valence-corrected chi connectivity index (χ1v) is 6.88. The number of likely N-dealkylation sites (N-methyl/N-ethyl adjacent to an activating group) is 1. The van der Waals surface area contributed by atoms with Crippen LogP contribution in [0.25, 0.3) is 0 Å². The Morgan fingerprint density at radius 3 is 2.61 bits per heavy atom. The predicted octanol–water partition coefficient (Wildman–Crippen LogP) is 2.61. The van der Waals surface area contributed by atoms with E-state index < -0.39 is 11.7 Å². The number of nitrogens with one attached hydrogen (secondary N) is 2. The molecule has 0 radical (unpaired) electrons. The molecule has 0 saturated heterocycles. The smallest absolute Gasteiger partial charge is 0.367 e. The molecule has 124 valence electrons. The summed E-state index contributed by atoms with van der Waals surface area (Å²) in [5, 5.41) is 13.0. The van der Waals surface area contributed by atoms with Crippen molar-refractivity contribution in [2.75, 3.05) is 37.8 Å². The van der Waals surface area contributed by atoms with Crippen molar-refractivity contribution in [1.82, 2.24) is 20.1 Å². The minimum atomic E-state index is -4.46. The summed E-state index contributed by atoms with van der Waals surface area (Å²) in [7, 11) is 3.86. The van der Waals surface area contributed by atoms with Gasteiger partial charge in [-0.05, 0) is 26.2 Å². The van der Waals surface area contributed by atoms with Crippen LogP contribution >= 0.6 is 0 Å². The van der Waals surface area contributed by atoms with E-state index >= 15 is 0 Å². The summed E-state index contributed by atoms with van der Waals surface area (Å²) >= 11 is 0. The first-order valence-electron chi connectivity index (χ1n) is 6.88. The molecule has 0 spiro atoms. The monoisotopic (exact) mass is 326 g/mol. The number of benzene rings is 1. The van der Waals surface area contributed by atoms with Gasteiger partial charge in [0.2, 0.25) is 5.95 Å². The fraction of sp³-hybridized carbons (Fsp3) is 0.357. The molecule has 23 heavy (non-hydrogen) atoms. The predicted molar refractivity (Wildman–Crippen MR) is 81.6 cm³/mol. The maximum absolute atomic E-state index is 13.0. The van der Waals surface area contributed by atoms with Crippen molar-refractivity contribution in [1.29, 1.82) is 0 Å². The summed E-state index contributed by atoms with van der Waals surface area (Å²) in [5.41, 5.74) is -0.901. The van der Waals surface area contributed by atoms with Gasteiger partial charge in [0, 0.05) is 13.1 Å². The molecule has 0 bridgehead atoms. The molecule has 2 rings (SSSR count). The second-order valence-corrected chi connectivity index (χ2v) is 5.06. The van der Waals surface area contributed by atoms with Crippen molar-refractivity contribution in [3.8, 4) is 0 Å². The maximum Gasteiger partial charge on any atom is 0.418 e. The van der Waals surface area contributed by atoms with E-state index in [0.29, 0.717) is 12.4 Å². The summed E-state index contributed by atoms with van der Waals surface area (Å²) < 4.78 is 38.9. The van der Waals surface area contributed by atoms with Crippen molar-refractivity contribution in [3.05, 3.63) is 36.0 Å². The van der Waals surface area contributed by atoms with E-state index in [2.05, 4.69) is 25.8 Å². The van der Waals surface area contributed by atoms with E-state index in [-0.39, 0.29) is 11.6 Å². The lowest BCUT2D eigenvalue weighted by Gasteiger charge is -2.14. The number of rotatable bonds is 6. The van der Waals surface area contributed by atoms with Crippen molar-refractivity contribution in [2.24, 2.45) is 0 Å². The van der Waals surface area contributed by atoms with Crippen LogP contribution in [0.4, 0.5) is 30.6 Å². The number of para-hydroxylation sites is 1. The molecule has 9 heteroatoms. The lowest BCUT2D eigenvalue weighted by atomic mass is 10.1. The van der Waals surface area contributed by atoms with Gasteiger partial charge in [-0.2, -0.15) is 23.3 Å². The van der Waals surface area contributed by atoms with Gasteiger partial charge in [-0.25, -0.2) is 0 Å². The Kier molecular flexibility index (Phi) is 5.32. The molecular formula is C14H17F3N6. The second kappa shape index (κ2) is 7.23. The zero-order chi connectivity index (χ0) is 16.9. The van der Waals surface area contributed by atoms with E-state index in [1.807, 2.05) is 19.0 Å². The van der Waals surface area contributed by atoms with E-state index in [1.165, 1.54) is 24.4 Å². The normalized spacial score (nSPS) is 11.6. The van der Waals surface area contributed by atoms with Gasteiger partial charge >= 0.3 is 6.18 Å². The SMILES string of the molecule is CN(C)CCNc1cnnc(Nc2ccccc2C(F)(F)F)n1. The Morgan fingerprint density at radius 1 is 1.17 bits per heavy atom. The zero-order valence-electron chi connectivity index (χ0n) is 12.7. The van der Waals surface area contributed by atoms with Gasteiger partial charge in [0.25, 0.3) is 0 Å². The highest BCUT2D eigenvalue weighted by Crippen LogP contribution is 2.35. The van der Waals surface area contributed by atoms with E-state index in [4.69, 9.17) is 0 Å². The Morgan fingerprint density at radius 2 is 1.91 bits per heavy atom. The van der Waals surface area contributed by atoms with Crippen LogP contribution in [0.5, 0.6) is 0 Å². The van der Waals surface area contributed by atoms with E-state index in [1.54, 1.807) is 0 Å². The second-order valence-electron chi connectivity index (χ2n) is 5.06. The highest BCUT2D eigenvalue weighted by Gasteiger charge is 2.33. The van der Waals surface area contributed by atoms with Gasteiger partial charge in [-0.3, -0.25) is 0 Å². The highest BCUT2D eigenvalue weighted by atomic mass is 19.4. The maximum atomic E-state index is 13.0. The quantitative estimate of drug-likeness (QED) is 0.851. The number of anilines is 3. The largest absolute Gasteiger partial charge is 0.418 e.